The maximum atomic E-state index is 12.9. The van der Waals surface area contributed by atoms with Crippen LogP contribution in [0.2, 0.25) is 0 Å². The van der Waals surface area contributed by atoms with Crippen LogP contribution in [0.15, 0.2) is 18.2 Å². The SMILES string of the molecule is COC(=O)[C@@H]1C[C@]2(CC(O)c3c(c(C)nc4ccc(C)cc34)O2)CN1C(=O)OC(C)(C)C. The Bertz CT molecular complexity index is 1090. The number of carbonyl (C=O) groups is 2. The average molecular weight is 443 g/mol. The summed E-state index contributed by atoms with van der Waals surface area (Å²) in [5.74, 6) is -0.0305. The van der Waals surface area contributed by atoms with Crippen LogP contribution in [0.3, 0.4) is 0 Å². The zero-order chi connectivity index (χ0) is 23.4. The summed E-state index contributed by atoms with van der Waals surface area (Å²) in [7, 11) is 1.29. The highest BCUT2D eigenvalue weighted by Gasteiger charge is 2.55. The van der Waals surface area contributed by atoms with Crippen LogP contribution in [-0.4, -0.2) is 58.0 Å². The molecule has 1 amide bonds. The molecule has 4 rings (SSSR count). The normalized spacial score (nSPS) is 24.9. The molecule has 2 aliphatic heterocycles. The Kier molecular flexibility index (Phi) is 5.32. The number of hydrogen-bond donors (Lipinski definition) is 1. The number of ether oxygens (including phenoxy) is 3. The number of benzene rings is 1. The van der Waals surface area contributed by atoms with E-state index in [9.17, 15) is 14.7 Å². The van der Waals surface area contributed by atoms with E-state index in [0.717, 1.165) is 16.5 Å². The van der Waals surface area contributed by atoms with Crippen molar-refractivity contribution in [1.82, 2.24) is 9.88 Å². The molecule has 2 aromatic rings. The second-order valence-corrected chi connectivity index (χ2v) is 9.82. The van der Waals surface area contributed by atoms with Gasteiger partial charge < -0.3 is 19.3 Å². The van der Waals surface area contributed by atoms with Crippen LogP contribution in [0.25, 0.3) is 10.9 Å². The van der Waals surface area contributed by atoms with Crippen LogP contribution in [0.1, 0.15) is 56.5 Å². The lowest BCUT2D eigenvalue weighted by Gasteiger charge is -2.39. The van der Waals surface area contributed by atoms with Gasteiger partial charge in [0.15, 0.2) is 0 Å². The molecule has 1 aromatic heterocycles. The Balaban J connectivity index is 1.74. The molecule has 0 radical (unpaired) electrons. The van der Waals surface area contributed by atoms with E-state index in [1.54, 1.807) is 20.8 Å². The Labute approximate surface area is 187 Å². The lowest BCUT2D eigenvalue weighted by molar-refractivity contribution is -0.145. The molecule has 3 heterocycles. The highest BCUT2D eigenvalue weighted by Crippen LogP contribution is 2.49. The molecule has 8 heteroatoms. The largest absolute Gasteiger partial charge is 0.483 e. The Morgan fingerprint density at radius 3 is 2.62 bits per heavy atom. The molecule has 1 aromatic carbocycles. The number of amides is 1. The molecule has 32 heavy (non-hydrogen) atoms. The van der Waals surface area contributed by atoms with Crippen molar-refractivity contribution in [3.05, 3.63) is 35.0 Å². The third-order valence-corrected chi connectivity index (χ3v) is 6.02. The second kappa shape index (κ2) is 7.62. The molecule has 0 bridgehead atoms. The van der Waals surface area contributed by atoms with Gasteiger partial charge in [-0.2, -0.15) is 0 Å². The van der Waals surface area contributed by atoms with Crippen molar-refractivity contribution in [2.75, 3.05) is 13.7 Å². The van der Waals surface area contributed by atoms with Gasteiger partial charge in [0.25, 0.3) is 0 Å². The molecule has 0 aliphatic carbocycles. The number of aromatic nitrogens is 1. The molecular formula is C24H30N2O6. The first-order chi connectivity index (χ1) is 14.9. The Hall–Kier alpha value is -2.87. The number of rotatable bonds is 1. The van der Waals surface area contributed by atoms with Crippen LogP contribution in [0.4, 0.5) is 4.79 Å². The summed E-state index contributed by atoms with van der Waals surface area (Å²) in [6.07, 6.45) is -1.01. The number of carbonyl (C=O) groups excluding carboxylic acids is 2. The molecule has 8 nitrogen and oxygen atoms in total. The van der Waals surface area contributed by atoms with Gasteiger partial charge in [0, 0.05) is 23.8 Å². The monoisotopic (exact) mass is 442 g/mol. The smallest absolute Gasteiger partial charge is 0.411 e. The van der Waals surface area contributed by atoms with Crippen molar-refractivity contribution in [2.45, 2.75) is 70.8 Å². The molecule has 2 aliphatic rings. The van der Waals surface area contributed by atoms with Crippen molar-refractivity contribution in [2.24, 2.45) is 0 Å². The van der Waals surface area contributed by atoms with Gasteiger partial charge in [0.2, 0.25) is 0 Å². The summed E-state index contributed by atoms with van der Waals surface area (Å²) in [4.78, 5) is 31.4. The fourth-order valence-electron chi connectivity index (χ4n) is 4.71. The number of hydrogen-bond acceptors (Lipinski definition) is 7. The summed E-state index contributed by atoms with van der Waals surface area (Å²) in [5.41, 5.74) is 1.53. The van der Waals surface area contributed by atoms with Gasteiger partial charge >= 0.3 is 12.1 Å². The van der Waals surface area contributed by atoms with Crippen LogP contribution in [0.5, 0.6) is 5.75 Å². The first kappa shape index (κ1) is 22.3. The fraction of sp³-hybridized carbons (Fsp3) is 0.542. The summed E-state index contributed by atoms with van der Waals surface area (Å²) < 4.78 is 17.0. The summed E-state index contributed by atoms with van der Waals surface area (Å²) in [5, 5.41) is 12.1. The first-order valence-electron chi connectivity index (χ1n) is 10.8. The van der Waals surface area contributed by atoms with Gasteiger partial charge in [-0.15, -0.1) is 0 Å². The molecule has 172 valence electrons. The minimum Gasteiger partial charge on any atom is -0.483 e. The van der Waals surface area contributed by atoms with E-state index in [0.29, 0.717) is 17.0 Å². The second-order valence-electron chi connectivity index (χ2n) is 9.82. The predicted octanol–water partition coefficient (Wildman–Crippen LogP) is 3.59. The van der Waals surface area contributed by atoms with Gasteiger partial charge in [0.1, 0.15) is 23.0 Å². The fourth-order valence-corrected chi connectivity index (χ4v) is 4.71. The molecule has 1 fully saturated rings. The Morgan fingerprint density at radius 2 is 1.97 bits per heavy atom. The van der Waals surface area contributed by atoms with Gasteiger partial charge in [-0.3, -0.25) is 4.90 Å². The van der Waals surface area contributed by atoms with E-state index in [1.165, 1.54) is 12.0 Å². The van der Waals surface area contributed by atoms with Gasteiger partial charge in [-0.25, -0.2) is 14.6 Å². The van der Waals surface area contributed by atoms with Crippen molar-refractivity contribution in [3.63, 3.8) is 0 Å². The molecule has 3 atom stereocenters. The predicted molar refractivity (Wildman–Crippen MR) is 118 cm³/mol. The third kappa shape index (κ3) is 3.88. The molecule has 0 saturated carbocycles. The Morgan fingerprint density at radius 1 is 1.25 bits per heavy atom. The molecule has 1 N–H and O–H groups in total. The number of esters is 1. The summed E-state index contributed by atoms with van der Waals surface area (Å²) >= 11 is 0. The molecule has 1 spiro atoms. The standard InChI is InChI=1S/C24H30N2O6/c1-13-7-8-16-15(9-13)19-18(27)11-24(31-20(19)14(2)25-16)10-17(21(28)30-6)26(12-24)22(29)32-23(3,4)5/h7-9,17-18,27H,10-12H2,1-6H3/t17-,18?,24-/m0/s1. The van der Waals surface area contributed by atoms with Gasteiger partial charge in [-0.1, -0.05) is 11.6 Å². The average Bonchev–Trinajstić information content (AvgIpc) is 3.05. The van der Waals surface area contributed by atoms with Gasteiger partial charge in [0.05, 0.1) is 31.0 Å². The van der Waals surface area contributed by atoms with Crippen molar-refractivity contribution >= 4 is 23.0 Å². The van der Waals surface area contributed by atoms with Crippen molar-refractivity contribution in [1.29, 1.82) is 0 Å². The highest BCUT2D eigenvalue weighted by molar-refractivity contribution is 5.86. The van der Waals surface area contributed by atoms with Crippen LogP contribution in [-0.2, 0) is 14.3 Å². The highest BCUT2D eigenvalue weighted by atomic mass is 16.6. The number of aryl methyl sites for hydroxylation is 2. The number of aliphatic hydroxyl groups excluding tert-OH is 1. The zero-order valence-corrected chi connectivity index (χ0v) is 19.4. The number of pyridine rings is 1. The molecule has 1 unspecified atom stereocenters. The zero-order valence-electron chi connectivity index (χ0n) is 19.4. The number of nitrogens with zero attached hydrogens (tertiary/aromatic N) is 2. The van der Waals surface area contributed by atoms with Gasteiger partial charge in [-0.05, 0) is 46.8 Å². The lowest BCUT2D eigenvalue weighted by Crippen LogP contribution is -2.46. The third-order valence-electron chi connectivity index (χ3n) is 6.02. The quantitative estimate of drug-likeness (QED) is 0.674. The van der Waals surface area contributed by atoms with Crippen LogP contribution < -0.4 is 4.74 Å². The number of likely N-dealkylation sites (tertiary alicyclic amines) is 1. The first-order valence-corrected chi connectivity index (χ1v) is 10.8. The molecule has 1 saturated heterocycles. The minimum atomic E-state index is -0.952. The number of aliphatic hydroxyl groups is 1. The summed E-state index contributed by atoms with van der Waals surface area (Å²) in [6, 6.07) is 5.04. The maximum absolute atomic E-state index is 12.9. The topological polar surface area (TPSA) is 98.2 Å². The lowest BCUT2D eigenvalue weighted by atomic mass is 9.85. The van der Waals surface area contributed by atoms with E-state index >= 15 is 0 Å². The van der Waals surface area contributed by atoms with E-state index in [1.807, 2.05) is 32.0 Å². The summed E-state index contributed by atoms with van der Waals surface area (Å²) in [6.45, 7) is 9.22. The van der Waals surface area contributed by atoms with Crippen molar-refractivity contribution < 1.29 is 28.9 Å². The van der Waals surface area contributed by atoms with Crippen LogP contribution >= 0.6 is 0 Å². The van der Waals surface area contributed by atoms with E-state index in [-0.39, 0.29) is 19.4 Å². The number of methoxy groups -OCH3 is 1. The van der Waals surface area contributed by atoms with E-state index < -0.39 is 35.4 Å². The van der Waals surface area contributed by atoms with Crippen LogP contribution in [0, 0.1) is 13.8 Å². The maximum Gasteiger partial charge on any atom is 0.411 e. The molecular weight excluding hydrogens is 412 g/mol. The van der Waals surface area contributed by atoms with Crippen molar-refractivity contribution in [3.8, 4) is 5.75 Å². The van der Waals surface area contributed by atoms with E-state index in [4.69, 9.17) is 14.2 Å². The number of fused-ring (bicyclic) bond motifs is 3. The van der Waals surface area contributed by atoms with E-state index in [2.05, 4.69) is 4.98 Å². The minimum absolute atomic E-state index is 0.101.